The van der Waals surface area contributed by atoms with Crippen molar-refractivity contribution in [2.45, 2.75) is 13.5 Å². The highest BCUT2D eigenvalue weighted by molar-refractivity contribution is 6.30. The summed E-state index contributed by atoms with van der Waals surface area (Å²) in [4.78, 5) is 25.3. The average molecular weight is 387 g/mol. The van der Waals surface area contributed by atoms with Crippen LogP contribution in [0.15, 0.2) is 65.5 Å². The Labute approximate surface area is 161 Å². The number of benzene rings is 2. The van der Waals surface area contributed by atoms with Crippen molar-refractivity contribution < 1.29 is 4.79 Å². The number of hydrogen-bond donors (Lipinski definition) is 1. The lowest BCUT2D eigenvalue weighted by molar-refractivity contribution is 0.0949. The molecule has 1 N–H and O–H groups in total. The van der Waals surface area contributed by atoms with Crippen molar-refractivity contribution in [1.29, 1.82) is 0 Å². The van der Waals surface area contributed by atoms with Gasteiger partial charge in [-0.2, -0.15) is 0 Å². The zero-order valence-electron chi connectivity index (χ0n) is 14.0. The van der Waals surface area contributed by atoms with Crippen LogP contribution in [0.4, 0.5) is 0 Å². The quantitative estimate of drug-likeness (QED) is 0.722. The Morgan fingerprint density at radius 3 is 2.42 bits per heavy atom. The molecule has 0 aliphatic carbocycles. The number of aryl methyl sites for hydroxylation is 1. The van der Waals surface area contributed by atoms with E-state index in [-0.39, 0.29) is 11.1 Å². The van der Waals surface area contributed by atoms with Crippen molar-refractivity contribution in [1.82, 2.24) is 9.88 Å². The van der Waals surface area contributed by atoms with Gasteiger partial charge in [0.05, 0.1) is 5.69 Å². The molecule has 0 saturated heterocycles. The number of aromatic nitrogens is 1. The molecule has 2 aromatic carbocycles. The molecule has 4 nitrogen and oxygen atoms in total. The topological polar surface area (TPSA) is 51.1 Å². The van der Waals surface area contributed by atoms with E-state index < -0.39 is 5.91 Å². The molecule has 0 unspecified atom stereocenters. The maximum Gasteiger partial charge on any atom is 0.268 e. The molecule has 26 heavy (non-hydrogen) atoms. The van der Waals surface area contributed by atoms with Gasteiger partial charge in [0.15, 0.2) is 0 Å². The zero-order valence-corrected chi connectivity index (χ0v) is 15.5. The van der Waals surface area contributed by atoms with Crippen LogP contribution in [-0.4, -0.2) is 10.5 Å². The van der Waals surface area contributed by atoms with Gasteiger partial charge < -0.3 is 5.32 Å². The van der Waals surface area contributed by atoms with Gasteiger partial charge in [-0.1, -0.05) is 41.4 Å². The Kier molecular flexibility index (Phi) is 5.45. The lowest BCUT2D eigenvalue weighted by atomic mass is 10.2. The Hall–Kier alpha value is -2.56. The molecule has 0 saturated carbocycles. The maximum absolute atomic E-state index is 12.8. The molecule has 3 rings (SSSR count). The minimum absolute atomic E-state index is 0.0736. The van der Waals surface area contributed by atoms with Crippen molar-refractivity contribution in [3.63, 3.8) is 0 Å². The Balaban J connectivity index is 1.88. The van der Waals surface area contributed by atoms with Crippen LogP contribution < -0.4 is 10.9 Å². The standard InChI is InChI=1S/C20H16Cl2N2O2/c1-13-5-10-18(19(25)23-12-14-6-8-15(21)9-7-14)20(26)24(13)17-4-2-3-16(22)11-17/h2-11H,12H2,1H3,(H,23,25). The number of nitrogens with zero attached hydrogens (tertiary/aromatic N) is 1. The fourth-order valence-electron chi connectivity index (χ4n) is 2.62. The monoisotopic (exact) mass is 386 g/mol. The predicted octanol–water partition coefficient (Wildman–Crippen LogP) is 4.38. The van der Waals surface area contributed by atoms with Crippen molar-refractivity contribution in [2.75, 3.05) is 0 Å². The van der Waals surface area contributed by atoms with E-state index in [2.05, 4.69) is 5.32 Å². The number of halogens is 2. The van der Waals surface area contributed by atoms with Gasteiger partial charge in [0, 0.05) is 22.3 Å². The zero-order chi connectivity index (χ0) is 18.7. The van der Waals surface area contributed by atoms with E-state index in [9.17, 15) is 9.59 Å². The van der Waals surface area contributed by atoms with Gasteiger partial charge in [-0.3, -0.25) is 14.2 Å². The van der Waals surface area contributed by atoms with Crippen LogP contribution in [0, 0.1) is 6.92 Å². The molecule has 1 amide bonds. The highest BCUT2D eigenvalue weighted by Crippen LogP contribution is 2.15. The molecule has 0 aliphatic heterocycles. The van der Waals surface area contributed by atoms with Crippen LogP contribution in [0.5, 0.6) is 0 Å². The van der Waals surface area contributed by atoms with Crippen LogP contribution >= 0.6 is 23.2 Å². The summed E-state index contributed by atoms with van der Waals surface area (Å²) in [7, 11) is 0. The van der Waals surface area contributed by atoms with Gasteiger partial charge in [0.25, 0.3) is 11.5 Å². The molecule has 6 heteroatoms. The second-order valence-corrected chi connectivity index (χ2v) is 6.69. The molecule has 1 aromatic heterocycles. The van der Waals surface area contributed by atoms with Crippen LogP contribution in [0.1, 0.15) is 21.6 Å². The first kappa shape index (κ1) is 18.2. The van der Waals surface area contributed by atoms with Crippen LogP contribution in [0.2, 0.25) is 10.0 Å². The van der Waals surface area contributed by atoms with Crippen molar-refractivity contribution in [2.24, 2.45) is 0 Å². The Bertz CT molecular complexity index is 1010. The number of amides is 1. The summed E-state index contributed by atoms with van der Waals surface area (Å²) in [5, 5.41) is 3.91. The summed E-state index contributed by atoms with van der Waals surface area (Å²) in [5.74, 6) is -0.430. The lowest BCUT2D eigenvalue weighted by Gasteiger charge is -2.12. The summed E-state index contributed by atoms with van der Waals surface area (Å²) in [6.45, 7) is 2.11. The van der Waals surface area contributed by atoms with Gasteiger partial charge >= 0.3 is 0 Å². The summed E-state index contributed by atoms with van der Waals surface area (Å²) >= 11 is 11.9. The normalized spacial score (nSPS) is 10.6. The molecule has 1 heterocycles. The van der Waals surface area contributed by atoms with E-state index in [1.165, 1.54) is 10.6 Å². The molecule has 0 atom stereocenters. The van der Waals surface area contributed by atoms with Crippen molar-refractivity contribution in [3.8, 4) is 5.69 Å². The minimum atomic E-state index is -0.430. The molecule has 3 aromatic rings. The smallest absolute Gasteiger partial charge is 0.268 e. The Morgan fingerprint density at radius 2 is 1.73 bits per heavy atom. The highest BCUT2D eigenvalue weighted by atomic mass is 35.5. The predicted molar refractivity (Wildman–Crippen MR) is 104 cm³/mol. The molecular formula is C20H16Cl2N2O2. The van der Waals surface area contributed by atoms with E-state index in [1.807, 2.05) is 12.1 Å². The third kappa shape index (κ3) is 3.98. The first-order valence-electron chi connectivity index (χ1n) is 7.97. The number of carbonyl (C=O) groups excluding carboxylic acids is 1. The minimum Gasteiger partial charge on any atom is -0.348 e. The maximum atomic E-state index is 12.8. The van der Waals surface area contributed by atoms with E-state index >= 15 is 0 Å². The Morgan fingerprint density at radius 1 is 1.00 bits per heavy atom. The van der Waals surface area contributed by atoms with Gasteiger partial charge in [-0.25, -0.2) is 0 Å². The lowest BCUT2D eigenvalue weighted by Crippen LogP contribution is -2.33. The first-order valence-corrected chi connectivity index (χ1v) is 8.72. The fraction of sp³-hybridized carbons (Fsp3) is 0.100. The number of pyridine rings is 1. The number of hydrogen-bond acceptors (Lipinski definition) is 2. The number of nitrogens with one attached hydrogen (secondary N) is 1. The number of carbonyl (C=O) groups is 1. The van der Waals surface area contributed by atoms with E-state index in [1.54, 1.807) is 49.4 Å². The molecule has 0 radical (unpaired) electrons. The van der Waals surface area contributed by atoms with Gasteiger partial charge in [-0.15, -0.1) is 0 Å². The van der Waals surface area contributed by atoms with E-state index in [4.69, 9.17) is 23.2 Å². The SMILES string of the molecule is Cc1ccc(C(=O)NCc2ccc(Cl)cc2)c(=O)n1-c1cccc(Cl)c1. The van der Waals surface area contributed by atoms with E-state index in [0.29, 0.717) is 28.0 Å². The second-order valence-electron chi connectivity index (χ2n) is 5.82. The molecule has 0 bridgehead atoms. The van der Waals surface area contributed by atoms with Gasteiger partial charge in [0.1, 0.15) is 5.56 Å². The highest BCUT2D eigenvalue weighted by Gasteiger charge is 2.15. The third-order valence-electron chi connectivity index (χ3n) is 3.95. The molecular weight excluding hydrogens is 371 g/mol. The molecule has 0 spiro atoms. The first-order chi connectivity index (χ1) is 12.5. The van der Waals surface area contributed by atoms with Crippen molar-refractivity contribution >= 4 is 29.1 Å². The van der Waals surface area contributed by atoms with Crippen molar-refractivity contribution in [3.05, 3.63) is 97.9 Å². The largest absolute Gasteiger partial charge is 0.348 e. The van der Waals surface area contributed by atoms with E-state index in [0.717, 1.165) is 5.56 Å². The average Bonchev–Trinajstić information content (AvgIpc) is 2.61. The number of rotatable bonds is 4. The molecule has 0 aliphatic rings. The summed E-state index contributed by atoms with van der Waals surface area (Å²) < 4.78 is 1.48. The summed E-state index contributed by atoms with van der Waals surface area (Å²) in [5.41, 5.74) is 1.91. The van der Waals surface area contributed by atoms with Crippen LogP contribution in [0.25, 0.3) is 5.69 Å². The summed E-state index contributed by atoms with van der Waals surface area (Å²) in [6.07, 6.45) is 0. The summed E-state index contributed by atoms with van der Waals surface area (Å²) in [6, 6.07) is 17.4. The van der Waals surface area contributed by atoms with Crippen LogP contribution in [0.3, 0.4) is 0 Å². The molecule has 0 fully saturated rings. The van der Waals surface area contributed by atoms with Gasteiger partial charge in [0.2, 0.25) is 0 Å². The molecule has 132 valence electrons. The fourth-order valence-corrected chi connectivity index (χ4v) is 2.93. The second kappa shape index (κ2) is 7.77. The van der Waals surface area contributed by atoms with Gasteiger partial charge in [-0.05, 0) is 55.0 Å². The van der Waals surface area contributed by atoms with Crippen LogP contribution in [-0.2, 0) is 6.54 Å². The third-order valence-corrected chi connectivity index (χ3v) is 4.44.